The highest BCUT2D eigenvalue weighted by Gasteiger charge is 2.33. The van der Waals surface area contributed by atoms with Gasteiger partial charge in [0.1, 0.15) is 11.7 Å². The second-order valence-electron chi connectivity index (χ2n) is 5.58. The van der Waals surface area contributed by atoms with Gasteiger partial charge in [0.2, 0.25) is 5.91 Å². The topological polar surface area (TPSA) is 98.5 Å². The van der Waals surface area contributed by atoms with Crippen molar-refractivity contribution in [3.05, 3.63) is 62.6 Å². The highest BCUT2D eigenvalue weighted by molar-refractivity contribution is 9.10. The van der Waals surface area contributed by atoms with Crippen molar-refractivity contribution in [3.63, 3.8) is 0 Å². The second-order valence-corrected chi connectivity index (χ2v) is 8.84. The van der Waals surface area contributed by atoms with Crippen molar-refractivity contribution in [3.8, 4) is 5.75 Å². The predicted octanol–water partition coefficient (Wildman–Crippen LogP) is 3.45. The van der Waals surface area contributed by atoms with E-state index in [9.17, 15) is 13.2 Å². The lowest BCUT2D eigenvalue weighted by molar-refractivity contribution is -0.120. The van der Waals surface area contributed by atoms with Crippen LogP contribution in [0.25, 0.3) is 0 Å². The van der Waals surface area contributed by atoms with Crippen LogP contribution in [0.15, 0.2) is 55.0 Å². The maximum Gasteiger partial charge on any atom is 0.264 e. The normalized spacial score (nSPS) is 12.6. The summed E-state index contributed by atoms with van der Waals surface area (Å²) in [7, 11) is -2.49. The first kappa shape index (κ1) is 19.6. The first-order valence-electron chi connectivity index (χ1n) is 7.68. The van der Waals surface area contributed by atoms with Crippen LogP contribution in [0, 0.1) is 6.92 Å². The van der Waals surface area contributed by atoms with Crippen LogP contribution in [0.4, 0.5) is 0 Å². The van der Waals surface area contributed by atoms with Gasteiger partial charge in [0.15, 0.2) is 5.76 Å². The van der Waals surface area contributed by atoms with Crippen molar-refractivity contribution >= 4 is 43.2 Å². The molecule has 1 aromatic carbocycles. The maximum absolute atomic E-state index is 13.0. The number of rotatable bonds is 6. The lowest BCUT2D eigenvalue weighted by Gasteiger charge is -2.16. The monoisotopic (exact) mass is 470 g/mol. The first-order chi connectivity index (χ1) is 12.8. The number of nitrogens with one attached hydrogen (secondary N) is 1. The molecule has 3 rings (SSSR count). The van der Waals surface area contributed by atoms with Gasteiger partial charge in [-0.3, -0.25) is 4.79 Å². The fourth-order valence-electron chi connectivity index (χ4n) is 2.45. The zero-order valence-electron chi connectivity index (χ0n) is 14.3. The van der Waals surface area contributed by atoms with Gasteiger partial charge in [-0.2, -0.15) is 11.3 Å². The van der Waals surface area contributed by atoms with Crippen LogP contribution in [0.2, 0.25) is 0 Å². The summed E-state index contributed by atoms with van der Waals surface area (Å²) < 4.78 is 38.1. The van der Waals surface area contributed by atoms with Gasteiger partial charge < -0.3 is 9.26 Å². The van der Waals surface area contributed by atoms with Crippen LogP contribution in [-0.2, 0) is 14.8 Å². The van der Waals surface area contributed by atoms with Gasteiger partial charge in [-0.15, -0.1) is 0 Å². The second kappa shape index (κ2) is 7.83. The molecule has 2 aromatic heterocycles. The molecule has 1 N–H and O–H groups in total. The molecule has 0 aliphatic rings. The number of carbonyl (C=O) groups is 1. The molecule has 3 aromatic rings. The summed E-state index contributed by atoms with van der Waals surface area (Å²) in [5.74, 6) is -1.06. The summed E-state index contributed by atoms with van der Waals surface area (Å²) in [5, 5.41) is 6.92. The van der Waals surface area contributed by atoms with Crippen LogP contribution in [0.5, 0.6) is 5.75 Å². The summed E-state index contributed by atoms with van der Waals surface area (Å²) in [6, 6.07) is 8.19. The summed E-state index contributed by atoms with van der Waals surface area (Å²) >= 11 is 4.58. The number of halogens is 1. The number of carbonyl (C=O) groups excluding carboxylic acids is 1. The minimum Gasteiger partial charge on any atom is -0.497 e. The lowest BCUT2D eigenvalue weighted by Crippen LogP contribution is -2.35. The third-order valence-corrected chi connectivity index (χ3v) is 6.95. The number of methoxy groups -OCH3 is 1. The van der Waals surface area contributed by atoms with E-state index in [0.717, 1.165) is 0 Å². The molecule has 0 radical (unpaired) electrons. The maximum atomic E-state index is 13.0. The SMILES string of the molecule is COc1cccc(C(C(=O)NS(=O)(=O)c2ccsc2)c2onc(C)c2Br)c1. The molecular weight excluding hydrogens is 456 g/mol. The van der Waals surface area contributed by atoms with Gasteiger partial charge in [0.05, 0.1) is 22.2 Å². The molecule has 0 fully saturated rings. The van der Waals surface area contributed by atoms with Crippen LogP contribution >= 0.6 is 27.3 Å². The Hall–Kier alpha value is -2.17. The highest BCUT2D eigenvalue weighted by atomic mass is 79.9. The van der Waals surface area contributed by atoms with Crippen molar-refractivity contribution in [1.82, 2.24) is 9.88 Å². The van der Waals surface area contributed by atoms with Gasteiger partial charge in [0, 0.05) is 5.38 Å². The third kappa shape index (κ3) is 4.07. The Morgan fingerprint density at radius 1 is 1.37 bits per heavy atom. The molecule has 0 aliphatic heterocycles. The summed E-state index contributed by atoms with van der Waals surface area (Å²) in [5.41, 5.74) is 1.05. The van der Waals surface area contributed by atoms with E-state index >= 15 is 0 Å². The Morgan fingerprint density at radius 3 is 2.74 bits per heavy atom. The van der Waals surface area contributed by atoms with E-state index < -0.39 is 21.8 Å². The smallest absolute Gasteiger partial charge is 0.264 e. The van der Waals surface area contributed by atoms with Crippen LogP contribution < -0.4 is 9.46 Å². The van der Waals surface area contributed by atoms with Crippen molar-refractivity contribution in [2.75, 3.05) is 7.11 Å². The standard InChI is InChI=1S/C17H15BrN2O5S2/c1-10-15(18)16(25-19-10)14(11-4-3-5-12(8-11)24-2)17(21)20-27(22,23)13-6-7-26-9-13/h3-9,14H,1-2H3,(H,20,21). The van der Waals surface area contributed by atoms with Crippen molar-refractivity contribution in [2.24, 2.45) is 0 Å². The van der Waals surface area contributed by atoms with Crippen molar-refractivity contribution < 1.29 is 22.5 Å². The lowest BCUT2D eigenvalue weighted by atomic mass is 9.95. The van der Waals surface area contributed by atoms with Gasteiger partial charge in [-0.1, -0.05) is 17.3 Å². The predicted molar refractivity (Wildman–Crippen MR) is 103 cm³/mol. The molecule has 0 spiro atoms. The third-order valence-electron chi connectivity index (χ3n) is 3.81. The zero-order valence-corrected chi connectivity index (χ0v) is 17.5. The number of benzene rings is 1. The van der Waals surface area contributed by atoms with E-state index in [-0.39, 0.29) is 10.7 Å². The Labute approximate surface area is 168 Å². The Kier molecular flexibility index (Phi) is 5.68. The zero-order chi connectivity index (χ0) is 19.6. The molecule has 1 unspecified atom stereocenters. The molecule has 142 valence electrons. The van der Waals surface area contributed by atoms with Crippen molar-refractivity contribution in [1.29, 1.82) is 0 Å². The van der Waals surface area contributed by atoms with E-state index in [1.807, 2.05) is 0 Å². The first-order valence-corrected chi connectivity index (χ1v) is 10.9. The number of nitrogens with zero attached hydrogens (tertiary/aromatic N) is 1. The molecular formula is C17H15BrN2O5S2. The minimum absolute atomic E-state index is 0.0260. The Morgan fingerprint density at radius 2 is 2.15 bits per heavy atom. The number of hydrogen-bond acceptors (Lipinski definition) is 7. The molecule has 0 saturated heterocycles. The Bertz CT molecular complexity index is 1060. The van der Waals surface area contributed by atoms with Crippen LogP contribution in [-0.4, -0.2) is 26.6 Å². The van der Waals surface area contributed by atoms with Crippen LogP contribution in [0.1, 0.15) is 22.9 Å². The molecule has 7 nitrogen and oxygen atoms in total. The van der Waals surface area contributed by atoms with E-state index in [0.29, 0.717) is 21.5 Å². The number of sulfonamides is 1. The average molecular weight is 471 g/mol. The molecule has 0 bridgehead atoms. The Balaban J connectivity index is 2.04. The number of aryl methyl sites for hydroxylation is 1. The largest absolute Gasteiger partial charge is 0.497 e. The van der Waals surface area contributed by atoms with Gasteiger partial charge in [-0.25, -0.2) is 13.1 Å². The highest BCUT2D eigenvalue weighted by Crippen LogP contribution is 2.34. The number of ether oxygens (including phenoxy) is 1. The quantitative estimate of drug-likeness (QED) is 0.592. The average Bonchev–Trinajstić information content (AvgIpc) is 3.28. The fourth-order valence-corrected chi connectivity index (χ4v) is 4.85. The number of thiophene rings is 1. The van der Waals surface area contributed by atoms with Crippen LogP contribution in [0.3, 0.4) is 0 Å². The summed E-state index contributed by atoms with van der Waals surface area (Å²) in [4.78, 5) is 13.0. The fraction of sp³-hybridized carbons (Fsp3) is 0.176. The van der Waals surface area contributed by atoms with Gasteiger partial charge in [-0.05, 0) is 52.0 Å². The van der Waals surface area contributed by atoms with E-state index in [1.54, 1.807) is 36.6 Å². The molecule has 10 heteroatoms. The number of aromatic nitrogens is 1. The molecule has 2 heterocycles. The summed E-state index contributed by atoms with van der Waals surface area (Å²) in [6.45, 7) is 1.71. The molecule has 27 heavy (non-hydrogen) atoms. The molecule has 0 saturated carbocycles. The van der Waals surface area contributed by atoms with E-state index in [2.05, 4.69) is 25.8 Å². The molecule has 1 atom stereocenters. The van der Waals surface area contributed by atoms with Crippen molar-refractivity contribution in [2.45, 2.75) is 17.7 Å². The van der Waals surface area contributed by atoms with E-state index in [1.165, 1.54) is 29.9 Å². The van der Waals surface area contributed by atoms with Gasteiger partial charge in [0.25, 0.3) is 10.0 Å². The van der Waals surface area contributed by atoms with Gasteiger partial charge >= 0.3 is 0 Å². The minimum atomic E-state index is -4.00. The summed E-state index contributed by atoms with van der Waals surface area (Å²) in [6.07, 6.45) is 0. The number of amides is 1. The molecule has 0 aliphatic carbocycles. The number of hydrogen-bond donors (Lipinski definition) is 1. The molecule has 1 amide bonds. The van der Waals surface area contributed by atoms with E-state index in [4.69, 9.17) is 9.26 Å².